The minimum Gasteiger partial charge on any atom is -0.373 e. The Hall–Kier alpha value is -0.393. The van der Waals surface area contributed by atoms with Gasteiger partial charge in [-0.1, -0.05) is 44.2 Å². The van der Waals surface area contributed by atoms with E-state index >= 15 is 0 Å². The van der Waals surface area contributed by atoms with Gasteiger partial charge in [-0.25, -0.2) is 0 Å². The number of hydrogen-bond acceptors (Lipinski definition) is 3. The second-order valence-corrected chi connectivity index (χ2v) is 8.25. The highest BCUT2D eigenvalue weighted by atomic mass is 35.5. The predicted molar refractivity (Wildman–Crippen MR) is 94.3 cm³/mol. The number of benzene rings is 1. The molecule has 0 bridgehead atoms. The number of alkyl halides is 1. The van der Waals surface area contributed by atoms with Crippen LogP contribution in [0.3, 0.4) is 0 Å². The maximum atomic E-state index is 6.18. The molecule has 0 N–H and O–H groups in total. The molecule has 0 heterocycles. The molecule has 3 nitrogen and oxygen atoms in total. The van der Waals surface area contributed by atoms with Crippen LogP contribution in [0, 0.1) is 0 Å². The first-order valence-electron chi connectivity index (χ1n) is 8.28. The largest absolute Gasteiger partial charge is 0.505 e. The van der Waals surface area contributed by atoms with E-state index in [2.05, 4.69) is 26.0 Å². The van der Waals surface area contributed by atoms with Gasteiger partial charge in [0.15, 0.2) is 0 Å². The summed E-state index contributed by atoms with van der Waals surface area (Å²) in [6.45, 7) is 6.22. The Morgan fingerprint density at radius 3 is 2.00 bits per heavy atom. The third-order valence-electron chi connectivity index (χ3n) is 3.17. The van der Waals surface area contributed by atoms with Gasteiger partial charge in [-0.2, -0.15) is 0 Å². The maximum absolute atomic E-state index is 6.18. The molecular weight excluding hydrogens is 316 g/mol. The fraction of sp³-hybridized carbons (Fsp3) is 0.647. The quantitative estimate of drug-likeness (QED) is 0.297. The molecule has 0 atom stereocenters. The zero-order valence-corrected chi connectivity index (χ0v) is 15.6. The molecule has 0 aliphatic carbocycles. The molecule has 1 rings (SSSR count). The van der Waals surface area contributed by atoms with Crippen LogP contribution in [0.25, 0.3) is 0 Å². The number of halogens is 1. The first-order chi connectivity index (χ1) is 10.8. The summed E-state index contributed by atoms with van der Waals surface area (Å²) in [5.74, 6) is 0.669. The summed E-state index contributed by atoms with van der Waals surface area (Å²) in [6, 6.07) is 11.1. The van der Waals surface area contributed by atoms with Crippen LogP contribution in [0.5, 0.6) is 0 Å². The lowest BCUT2D eigenvalue weighted by Crippen LogP contribution is -2.49. The molecule has 1 aromatic carbocycles. The van der Waals surface area contributed by atoms with E-state index in [9.17, 15) is 0 Å². The summed E-state index contributed by atoms with van der Waals surface area (Å²) in [7, 11) is -2.67. The molecule has 0 aliphatic rings. The highest BCUT2D eigenvalue weighted by Gasteiger charge is 2.41. The molecule has 1 aromatic rings. The topological polar surface area (TPSA) is 27.7 Å². The van der Waals surface area contributed by atoms with Crippen LogP contribution < -0.4 is 0 Å². The van der Waals surface area contributed by atoms with Crippen molar-refractivity contribution in [2.45, 2.75) is 45.6 Å². The molecule has 0 aromatic heterocycles. The zero-order valence-electron chi connectivity index (χ0n) is 13.9. The predicted octanol–water partition coefficient (Wildman–Crippen LogP) is 4.60. The van der Waals surface area contributed by atoms with Crippen LogP contribution in [0.2, 0.25) is 0 Å². The molecule has 126 valence electrons. The average molecular weight is 345 g/mol. The van der Waals surface area contributed by atoms with Gasteiger partial charge in [-0.05, 0) is 31.2 Å². The second-order valence-electron chi connectivity index (χ2n) is 5.29. The number of rotatable bonds is 13. The highest BCUT2D eigenvalue weighted by Crippen LogP contribution is 2.18. The molecule has 0 fully saturated rings. The van der Waals surface area contributed by atoms with Crippen LogP contribution in [-0.2, 0) is 19.3 Å². The second kappa shape index (κ2) is 12.1. The lowest BCUT2D eigenvalue weighted by molar-refractivity contribution is 0.0573. The molecule has 0 aliphatic heterocycles. The lowest BCUT2D eigenvalue weighted by Gasteiger charge is -2.30. The first-order valence-corrected chi connectivity index (χ1v) is 10.7. The summed E-state index contributed by atoms with van der Waals surface area (Å²) in [5.41, 5.74) is 1.21. The Balaban J connectivity index is 2.76. The van der Waals surface area contributed by atoms with E-state index in [0.29, 0.717) is 25.7 Å². The summed E-state index contributed by atoms with van der Waals surface area (Å²) < 4.78 is 18.4. The van der Waals surface area contributed by atoms with E-state index in [0.717, 1.165) is 31.7 Å². The SMILES string of the molecule is CCCO[Si](Cc1ccccc1)(OCCC)OCCCCCl. The van der Waals surface area contributed by atoms with Crippen molar-refractivity contribution in [2.75, 3.05) is 25.7 Å². The number of hydrogen-bond donors (Lipinski definition) is 0. The number of unbranched alkanes of at least 4 members (excludes halogenated alkanes) is 1. The minimum absolute atomic E-state index is 0.652. The van der Waals surface area contributed by atoms with Crippen molar-refractivity contribution in [3.63, 3.8) is 0 Å². The Kier molecular flexibility index (Phi) is 10.8. The van der Waals surface area contributed by atoms with E-state index in [1.165, 1.54) is 5.56 Å². The summed E-state index contributed by atoms with van der Waals surface area (Å²) in [4.78, 5) is 0. The van der Waals surface area contributed by atoms with E-state index in [1.807, 2.05) is 18.2 Å². The van der Waals surface area contributed by atoms with Crippen molar-refractivity contribution in [1.29, 1.82) is 0 Å². The minimum atomic E-state index is -2.67. The van der Waals surface area contributed by atoms with Crippen LogP contribution in [-0.4, -0.2) is 34.5 Å². The van der Waals surface area contributed by atoms with Crippen LogP contribution in [0.4, 0.5) is 0 Å². The van der Waals surface area contributed by atoms with Gasteiger partial charge in [0.05, 0.1) is 0 Å². The van der Waals surface area contributed by atoms with Crippen molar-refractivity contribution >= 4 is 20.4 Å². The van der Waals surface area contributed by atoms with E-state index in [4.69, 9.17) is 24.9 Å². The summed E-state index contributed by atoms with van der Waals surface area (Å²) >= 11 is 5.74. The van der Waals surface area contributed by atoms with Crippen molar-refractivity contribution < 1.29 is 13.3 Å². The van der Waals surface area contributed by atoms with Crippen molar-refractivity contribution in [1.82, 2.24) is 0 Å². The molecule has 5 heteroatoms. The lowest BCUT2D eigenvalue weighted by atomic mass is 10.2. The van der Waals surface area contributed by atoms with Gasteiger partial charge in [0.2, 0.25) is 0 Å². The highest BCUT2D eigenvalue weighted by molar-refractivity contribution is 6.60. The maximum Gasteiger partial charge on any atom is 0.505 e. The standard InChI is InChI=1S/C17H29ClO3Si/c1-3-13-19-22(20-14-4-2,21-15-9-8-12-18)16-17-10-6-5-7-11-17/h5-7,10-11H,3-4,8-9,12-16H2,1-2H3. The van der Waals surface area contributed by atoms with E-state index in [1.54, 1.807) is 0 Å². The Morgan fingerprint density at radius 2 is 1.45 bits per heavy atom. The van der Waals surface area contributed by atoms with Crippen molar-refractivity contribution in [3.8, 4) is 0 Å². The smallest absolute Gasteiger partial charge is 0.373 e. The van der Waals surface area contributed by atoms with E-state index < -0.39 is 8.80 Å². The Labute approximate surface area is 141 Å². The van der Waals surface area contributed by atoms with Gasteiger partial charge in [0.1, 0.15) is 0 Å². The first kappa shape index (κ1) is 19.7. The normalized spacial score (nSPS) is 11.8. The van der Waals surface area contributed by atoms with Gasteiger partial charge < -0.3 is 13.3 Å². The summed E-state index contributed by atoms with van der Waals surface area (Å²) in [5, 5.41) is 0. The molecule has 0 amide bonds. The monoisotopic (exact) mass is 344 g/mol. The van der Waals surface area contributed by atoms with Gasteiger partial charge >= 0.3 is 8.80 Å². The zero-order chi connectivity index (χ0) is 16.1. The van der Waals surface area contributed by atoms with E-state index in [-0.39, 0.29) is 0 Å². The third kappa shape index (κ3) is 7.74. The molecule has 0 radical (unpaired) electrons. The Morgan fingerprint density at radius 1 is 0.864 bits per heavy atom. The van der Waals surface area contributed by atoms with Gasteiger partial charge in [-0.15, -0.1) is 11.6 Å². The molecule has 0 spiro atoms. The average Bonchev–Trinajstić information content (AvgIpc) is 2.56. The van der Waals surface area contributed by atoms with Gasteiger partial charge in [-0.3, -0.25) is 0 Å². The molecule has 0 saturated carbocycles. The van der Waals surface area contributed by atoms with Crippen molar-refractivity contribution in [2.24, 2.45) is 0 Å². The molecule has 0 unspecified atom stereocenters. The molecule has 0 saturated heterocycles. The molecular formula is C17H29ClO3Si. The third-order valence-corrected chi connectivity index (χ3v) is 6.21. The Bertz CT molecular complexity index is 367. The van der Waals surface area contributed by atoms with Gasteiger partial charge in [0.25, 0.3) is 0 Å². The molecule has 22 heavy (non-hydrogen) atoms. The van der Waals surface area contributed by atoms with Gasteiger partial charge in [0, 0.05) is 31.7 Å². The fourth-order valence-electron chi connectivity index (χ4n) is 2.06. The fourth-order valence-corrected chi connectivity index (χ4v) is 5.03. The van der Waals surface area contributed by atoms with Crippen LogP contribution in [0.15, 0.2) is 30.3 Å². The summed E-state index contributed by atoms with van der Waals surface area (Å²) in [6.07, 6.45) is 3.82. The van der Waals surface area contributed by atoms with Crippen LogP contribution >= 0.6 is 11.6 Å². The van der Waals surface area contributed by atoms with Crippen LogP contribution in [0.1, 0.15) is 45.1 Å². The van der Waals surface area contributed by atoms with Crippen molar-refractivity contribution in [3.05, 3.63) is 35.9 Å².